The van der Waals surface area contributed by atoms with Crippen molar-refractivity contribution in [3.63, 3.8) is 0 Å². The van der Waals surface area contributed by atoms with Gasteiger partial charge < -0.3 is 14.9 Å². The van der Waals surface area contributed by atoms with Gasteiger partial charge in [-0.3, -0.25) is 14.4 Å². The summed E-state index contributed by atoms with van der Waals surface area (Å²) < 4.78 is 0. The van der Waals surface area contributed by atoms with Crippen LogP contribution in [0, 0.1) is 5.92 Å². The first-order chi connectivity index (χ1) is 9.56. The maximum atomic E-state index is 12.5. The van der Waals surface area contributed by atoms with Crippen molar-refractivity contribution in [2.45, 2.75) is 50.6 Å². The fourth-order valence-electron chi connectivity index (χ4n) is 3.41. The average molecular weight is 280 g/mol. The van der Waals surface area contributed by atoms with Crippen molar-refractivity contribution in [1.82, 2.24) is 9.80 Å². The standard InChI is InChI=1S/C14H20N2O4/c17-12-6-9(8-16(12)10-3-4-10)14(20)15-5-1-2-11(15)7-13(18)19/h9-11H,1-8H2,(H,18,19). The van der Waals surface area contributed by atoms with E-state index in [0.29, 0.717) is 25.6 Å². The van der Waals surface area contributed by atoms with Crippen LogP contribution >= 0.6 is 0 Å². The van der Waals surface area contributed by atoms with Gasteiger partial charge in [0.2, 0.25) is 11.8 Å². The number of hydrogen-bond donors (Lipinski definition) is 1. The molecule has 2 saturated heterocycles. The van der Waals surface area contributed by atoms with E-state index in [-0.39, 0.29) is 30.2 Å². The van der Waals surface area contributed by atoms with Gasteiger partial charge in [-0.05, 0) is 25.7 Å². The van der Waals surface area contributed by atoms with Crippen LogP contribution in [0.5, 0.6) is 0 Å². The number of nitrogens with zero attached hydrogens (tertiary/aromatic N) is 2. The summed E-state index contributed by atoms with van der Waals surface area (Å²) in [7, 11) is 0. The molecule has 2 aliphatic heterocycles. The fourth-order valence-corrected chi connectivity index (χ4v) is 3.41. The number of aliphatic carboxylic acids is 1. The number of carboxylic acid groups (broad SMARTS) is 1. The summed E-state index contributed by atoms with van der Waals surface area (Å²) in [5.41, 5.74) is 0. The summed E-state index contributed by atoms with van der Waals surface area (Å²) in [5, 5.41) is 8.90. The van der Waals surface area contributed by atoms with Crippen LogP contribution in [0.25, 0.3) is 0 Å². The molecule has 2 unspecified atom stereocenters. The predicted molar refractivity (Wildman–Crippen MR) is 69.8 cm³/mol. The zero-order valence-electron chi connectivity index (χ0n) is 11.5. The number of rotatable bonds is 4. The highest BCUT2D eigenvalue weighted by molar-refractivity contribution is 5.90. The minimum atomic E-state index is -0.864. The zero-order valence-corrected chi connectivity index (χ0v) is 11.5. The van der Waals surface area contributed by atoms with Gasteiger partial charge >= 0.3 is 5.97 Å². The molecule has 2 heterocycles. The Bertz CT molecular complexity index is 446. The zero-order chi connectivity index (χ0) is 14.3. The Morgan fingerprint density at radius 2 is 2.00 bits per heavy atom. The Morgan fingerprint density at radius 3 is 2.65 bits per heavy atom. The molecule has 0 bridgehead atoms. The fraction of sp³-hybridized carbons (Fsp3) is 0.786. The molecular formula is C14H20N2O4. The van der Waals surface area contributed by atoms with Gasteiger partial charge in [-0.2, -0.15) is 0 Å². The number of amides is 2. The Kier molecular flexibility index (Phi) is 3.40. The molecule has 6 heteroatoms. The van der Waals surface area contributed by atoms with Gasteiger partial charge in [0.25, 0.3) is 0 Å². The van der Waals surface area contributed by atoms with E-state index in [1.54, 1.807) is 4.90 Å². The molecule has 1 aliphatic carbocycles. The molecule has 0 radical (unpaired) electrons. The smallest absolute Gasteiger partial charge is 0.305 e. The third-order valence-corrected chi connectivity index (χ3v) is 4.57. The molecule has 2 atom stereocenters. The topological polar surface area (TPSA) is 77.9 Å². The summed E-state index contributed by atoms with van der Waals surface area (Å²) in [6.45, 7) is 1.16. The number of carbonyl (C=O) groups excluding carboxylic acids is 2. The van der Waals surface area contributed by atoms with Crippen LogP contribution in [0.1, 0.15) is 38.5 Å². The lowest BCUT2D eigenvalue weighted by atomic mass is 10.1. The lowest BCUT2D eigenvalue weighted by Crippen LogP contribution is -2.41. The molecule has 110 valence electrons. The molecule has 20 heavy (non-hydrogen) atoms. The van der Waals surface area contributed by atoms with Gasteiger partial charge in [0.15, 0.2) is 0 Å². The molecule has 1 N–H and O–H groups in total. The van der Waals surface area contributed by atoms with Crippen molar-refractivity contribution in [1.29, 1.82) is 0 Å². The second-order valence-electron chi connectivity index (χ2n) is 6.10. The van der Waals surface area contributed by atoms with Gasteiger partial charge in [-0.15, -0.1) is 0 Å². The highest BCUT2D eigenvalue weighted by Gasteiger charge is 2.44. The van der Waals surface area contributed by atoms with E-state index in [0.717, 1.165) is 25.7 Å². The van der Waals surface area contributed by atoms with Crippen LogP contribution in [-0.2, 0) is 14.4 Å². The molecule has 0 aromatic heterocycles. The Balaban J connectivity index is 1.63. The monoisotopic (exact) mass is 280 g/mol. The molecule has 6 nitrogen and oxygen atoms in total. The average Bonchev–Trinajstić information content (AvgIpc) is 3.01. The molecular weight excluding hydrogens is 260 g/mol. The van der Waals surface area contributed by atoms with Crippen LogP contribution in [0.3, 0.4) is 0 Å². The predicted octanol–water partition coefficient (Wildman–Crippen LogP) is 0.463. The first-order valence-electron chi connectivity index (χ1n) is 7.38. The quantitative estimate of drug-likeness (QED) is 0.811. The van der Waals surface area contributed by atoms with Crippen LogP contribution in [0.15, 0.2) is 0 Å². The van der Waals surface area contributed by atoms with E-state index in [9.17, 15) is 14.4 Å². The maximum absolute atomic E-state index is 12.5. The van der Waals surface area contributed by atoms with E-state index in [1.807, 2.05) is 4.90 Å². The van der Waals surface area contributed by atoms with Crippen LogP contribution in [0.4, 0.5) is 0 Å². The van der Waals surface area contributed by atoms with Gasteiger partial charge in [0.1, 0.15) is 0 Å². The second-order valence-corrected chi connectivity index (χ2v) is 6.10. The first-order valence-corrected chi connectivity index (χ1v) is 7.38. The normalized spacial score (nSPS) is 30.1. The minimum Gasteiger partial charge on any atom is -0.481 e. The molecule has 2 amide bonds. The van der Waals surface area contributed by atoms with Gasteiger partial charge in [0, 0.05) is 31.6 Å². The Hall–Kier alpha value is -1.59. The van der Waals surface area contributed by atoms with Crippen molar-refractivity contribution in [2.24, 2.45) is 5.92 Å². The van der Waals surface area contributed by atoms with Crippen molar-refractivity contribution in [3.8, 4) is 0 Å². The molecule has 1 saturated carbocycles. The van der Waals surface area contributed by atoms with Gasteiger partial charge in [-0.25, -0.2) is 0 Å². The number of carbonyl (C=O) groups is 3. The van der Waals surface area contributed by atoms with Crippen molar-refractivity contribution >= 4 is 17.8 Å². The summed E-state index contributed by atoms with van der Waals surface area (Å²) in [6, 6.07) is 0.166. The molecule has 3 fully saturated rings. The first kappa shape index (κ1) is 13.4. The maximum Gasteiger partial charge on any atom is 0.305 e. The summed E-state index contributed by atoms with van der Waals surface area (Å²) >= 11 is 0. The van der Waals surface area contributed by atoms with Crippen molar-refractivity contribution in [2.75, 3.05) is 13.1 Å². The Labute approximate surface area is 117 Å². The van der Waals surface area contributed by atoms with Crippen molar-refractivity contribution < 1.29 is 19.5 Å². The van der Waals surface area contributed by atoms with Crippen molar-refractivity contribution in [3.05, 3.63) is 0 Å². The highest BCUT2D eigenvalue weighted by Crippen LogP contribution is 2.34. The van der Waals surface area contributed by atoms with Gasteiger partial charge in [0.05, 0.1) is 12.3 Å². The molecule has 0 aromatic carbocycles. The largest absolute Gasteiger partial charge is 0.481 e. The summed E-state index contributed by atoms with van der Waals surface area (Å²) in [5.74, 6) is -1.07. The van der Waals surface area contributed by atoms with Gasteiger partial charge in [-0.1, -0.05) is 0 Å². The number of carboxylic acids is 1. The second kappa shape index (κ2) is 5.07. The van der Waals surface area contributed by atoms with Crippen LogP contribution < -0.4 is 0 Å². The van der Waals surface area contributed by atoms with Crippen LogP contribution in [-0.4, -0.2) is 57.9 Å². The van der Waals surface area contributed by atoms with E-state index in [2.05, 4.69) is 0 Å². The molecule has 0 spiro atoms. The SMILES string of the molecule is O=C(O)CC1CCCN1C(=O)C1CC(=O)N(C2CC2)C1. The van der Waals surface area contributed by atoms with E-state index < -0.39 is 5.97 Å². The van der Waals surface area contributed by atoms with E-state index in [4.69, 9.17) is 5.11 Å². The third kappa shape index (κ3) is 2.51. The van der Waals surface area contributed by atoms with E-state index >= 15 is 0 Å². The molecule has 3 rings (SSSR count). The van der Waals surface area contributed by atoms with Crippen LogP contribution in [0.2, 0.25) is 0 Å². The number of hydrogen-bond acceptors (Lipinski definition) is 3. The third-order valence-electron chi connectivity index (χ3n) is 4.57. The minimum absolute atomic E-state index is 0.0126. The summed E-state index contributed by atoms with van der Waals surface area (Å²) in [4.78, 5) is 38.8. The number of likely N-dealkylation sites (tertiary alicyclic amines) is 2. The highest BCUT2D eigenvalue weighted by atomic mass is 16.4. The van der Waals surface area contributed by atoms with E-state index in [1.165, 1.54) is 0 Å². The lowest BCUT2D eigenvalue weighted by Gasteiger charge is -2.26. The lowest BCUT2D eigenvalue weighted by molar-refractivity contribution is -0.141. The summed E-state index contributed by atoms with van der Waals surface area (Å²) in [6.07, 6.45) is 4.03. The molecule has 3 aliphatic rings. The molecule has 0 aromatic rings. The Morgan fingerprint density at radius 1 is 1.25 bits per heavy atom.